The molecule has 2 N–H and O–H groups in total. The first-order valence-electron chi connectivity index (χ1n) is 6.43. The number of rotatable bonds is 2. The molecule has 0 aliphatic heterocycles. The van der Waals surface area contributed by atoms with Crippen molar-refractivity contribution in [3.63, 3.8) is 0 Å². The largest absolute Gasteiger partial charge is 0.251 e. The Balaban J connectivity index is 2.56. The van der Waals surface area contributed by atoms with Crippen LogP contribution in [0, 0.1) is 11.3 Å². The van der Waals surface area contributed by atoms with E-state index in [0.29, 0.717) is 0 Å². The van der Waals surface area contributed by atoms with Gasteiger partial charge in [0.05, 0.1) is 6.07 Å². The zero-order valence-corrected chi connectivity index (χ0v) is 10.9. The van der Waals surface area contributed by atoms with Crippen molar-refractivity contribution < 1.29 is 0 Å². The summed E-state index contributed by atoms with van der Waals surface area (Å²) in [6.45, 7) is 6.32. The van der Waals surface area contributed by atoms with Gasteiger partial charge in [-0.1, -0.05) is 32.1 Å². The highest BCUT2D eigenvalue weighted by molar-refractivity contribution is 5.06. The molecule has 1 aliphatic rings. The summed E-state index contributed by atoms with van der Waals surface area (Å²) in [5, 5.41) is 9.40. The maximum absolute atomic E-state index is 9.40. The standard InChI is InChI=1S/C13H25N3/c1-12(2,3)15-16-13(11-14)9-7-5-4-6-8-10-13/h15-16H,4-10H2,1-3H3. The van der Waals surface area contributed by atoms with Gasteiger partial charge in [-0.15, -0.1) is 0 Å². The van der Waals surface area contributed by atoms with Crippen molar-refractivity contribution in [2.75, 3.05) is 0 Å². The molecule has 0 unspecified atom stereocenters. The Hall–Kier alpha value is -0.590. The van der Waals surface area contributed by atoms with Crippen LogP contribution < -0.4 is 10.9 Å². The minimum Gasteiger partial charge on any atom is -0.251 e. The van der Waals surface area contributed by atoms with Gasteiger partial charge in [-0.2, -0.15) is 5.26 Å². The fourth-order valence-electron chi connectivity index (χ4n) is 2.08. The molecule has 0 amide bonds. The van der Waals surface area contributed by atoms with Gasteiger partial charge in [0.25, 0.3) is 0 Å². The van der Waals surface area contributed by atoms with Crippen molar-refractivity contribution in [3.05, 3.63) is 0 Å². The fraction of sp³-hybridized carbons (Fsp3) is 0.923. The molecular formula is C13H25N3. The third-order valence-electron chi connectivity index (χ3n) is 3.10. The molecule has 0 atom stereocenters. The minimum absolute atomic E-state index is 0.00617. The van der Waals surface area contributed by atoms with Gasteiger partial charge in [-0.3, -0.25) is 5.43 Å². The van der Waals surface area contributed by atoms with E-state index in [2.05, 4.69) is 37.7 Å². The molecule has 3 heteroatoms. The van der Waals surface area contributed by atoms with Gasteiger partial charge in [-0.25, -0.2) is 5.43 Å². The average molecular weight is 223 g/mol. The first-order valence-corrected chi connectivity index (χ1v) is 6.43. The zero-order valence-electron chi connectivity index (χ0n) is 10.9. The topological polar surface area (TPSA) is 47.8 Å². The highest BCUT2D eigenvalue weighted by atomic mass is 15.4. The van der Waals surface area contributed by atoms with Gasteiger partial charge in [0.15, 0.2) is 0 Å². The quantitative estimate of drug-likeness (QED) is 0.708. The Labute approximate surface area is 99.6 Å². The van der Waals surface area contributed by atoms with E-state index < -0.39 is 0 Å². The van der Waals surface area contributed by atoms with E-state index in [1.165, 1.54) is 19.3 Å². The third kappa shape index (κ3) is 4.51. The number of nitrogens with zero attached hydrogens (tertiary/aromatic N) is 1. The summed E-state index contributed by atoms with van der Waals surface area (Å²) in [6.07, 6.45) is 8.10. The first-order chi connectivity index (χ1) is 7.47. The van der Waals surface area contributed by atoms with Crippen LogP contribution >= 0.6 is 0 Å². The SMILES string of the molecule is CC(C)(C)NNC1(C#N)CCCCCCC1. The molecule has 0 aromatic carbocycles. The van der Waals surface area contributed by atoms with Crippen LogP contribution in [0.5, 0.6) is 0 Å². The summed E-state index contributed by atoms with van der Waals surface area (Å²) in [7, 11) is 0. The molecule has 0 radical (unpaired) electrons. The lowest BCUT2D eigenvalue weighted by atomic mass is 9.85. The molecule has 0 heterocycles. The van der Waals surface area contributed by atoms with E-state index in [9.17, 15) is 5.26 Å². The van der Waals surface area contributed by atoms with Crippen LogP contribution in [0.3, 0.4) is 0 Å². The van der Waals surface area contributed by atoms with Crippen LogP contribution in [0.15, 0.2) is 0 Å². The van der Waals surface area contributed by atoms with Gasteiger partial charge in [-0.05, 0) is 33.6 Å². The Bertz CT molecular complexity index is 239. The maximum atomic E-state index is 9.40. The maximum Gasteiger partial charge on any atom is 0.118 e. The number of hydrazine groups is 1. The molecule has 1 fully saturated rings. The molecule has 3 nitrogen and oxygen atoms in total. The zero-order chi connectivity index (χ0) is 12.1. The number of hydrogen-bond donors (Lipinski definition) is 2. The number of nitriles is 1. The van der Waals surface area contributed by atoms with E-state index in [-0.39, 0.29) is 11.1 Å². The lowest BCUT2D eigenvalue weighted by Gasteiger charge is -2.33. The molecule has 16 heavy (non-hydrogen) atoms. The lowest BCUT2D eigenvalue weighted by Crippen LogP contribution is -2.57. The fourth-order valence-corrected chi connectivity index (χ4v) is 2.08. The van der Waals surface area contributed by atoms with Gasteiger partial charge in [0.1, 0.15) is 5.54 Å². The summed E-state index contributed by atoms with van der Waals surface area (Å²) in [6, 6.07) is 2.48. The highest BCUT2D eigenvalue weighted by Crippen LogP contribution is 2.25. The Morgan fingerprint density at radius 2 is 1.50 bits per heavy atom. The molecule has 0 bridgehead atoms. The molecule has 92 valence electrons. The van der Waals surface area contributed by atoms with Crippen molar-refractivity contribution in [3.8, 4) is 6.07 Å². The second kappa shape index (κ2) is 5.65. The minimum atomic E-state index is -0.353. The normalized spacial score (nSPS) is 21.9. The van der Waals surface area contributed by atoms with Crippen LogP contribution in [0.4, 0.5) is 0 Å². The van der Waals surface area contributed by atoms with E-state index in [4.69, 9.17) is 0 Å². The van der Waals surface area contributed by atoms with Crippen molar-refractivity contribution in [1.29, 1.82) is 5.26 Å². The summed E-state index contributed by atoms with van der Waals surface area (Å²) in [5.74, 6) is 0. The van der Waals surface area contributed by atoms with Crippen molar-refractivity contribution >= 4 is 0 Å². The van der Waals surface area contributed by atoms with Crippen molar-refractivity contribution in [2.45, 2.75) is 76.8 Å². The van der Waals surface area contributed by atoms with Crippen molar-refractivity contribution in [1.82, 2.24) is 10.9 Å². The summed E-state index contributed by atoms with van der Waals surface area (Å²) in [5.41, 5.74) is 6.19. The highest BCUT2D eigenvalue weighted by Gasteiger charge is 2.30. The monoisotopic (exact) mass is 223 g/mol. The Morgan fingerprint density at radius 1 is 1.00 bits per heavy atom. The predicted molar refractivity (Wildman–Crippen MR) is 66.7 cm³/mol. The van der Waals surface area contributed by atoms with Crippen molar-refractivity contribution in [2.24, 2.45) is 0 Å². The van der Waals surface area contributed by atoms with E-state index in [0.717, 1.165) is 25.7 Å². The molecule has 0 aromatic heterocycles. The van der Waals surface area contributed by atoms with E-state index in [1.807, 2.05) is 0 Å². The number of hydrogen-bond acceptors (Lipinski definition) is 3. The third-order valence-corrected chi connectivity index (χ3v) is 3.10. The van der Waals surface area contributed by atoms with E-state index in [1.54, 1.807) is 0 Å². The van der Waals surface area contributed by atoms with Gasteiger partial charge in [0, 0.05) is 5.54 Å². The molecule has 0 spiro atoms. The second-order valence-corrected chi connectivity index (χ2v) is 5.96. The van der Waals surface area contributed by atoms with Crippen LogP contribution in [0.25, 0.3) is 0 Å². The molecular weight excluding hydrogens is 198 g/mol. The van der Waals surface area contributed by atoms with Gasteiger partial charge in [0.2, 0.25) is 0 Å². The molecule has 1 saturated carbocycles. The first kappa shape index (κ1) is 13.5. The van der Waals surface area contributed by atoms with Crippen LogP contribution in [-0.4, -0.2) is 11.1 Å². The Morgan fingerprint density at radius 3 is 1.94 bits per heavy atom. The van der Waals surface area contributed by atoms with E-state index >= 15 is 0 Å². The molecule has 1 rings (SSSR count). The van der Waals surface area contributed by atoms with Crippen LogP contribution in [-0.2, 0) is 0 Å². The summed E-state index contributed by atoms with van der Waals surface area (Å²) >= 11 is 0. The molecule has 0 aromatic rings. The van der Waals surface area contributed by atoms with Gasteiger partial charge >= 0.3 is 0 Å². The molecule has 0 saturated heterocycles. The lowest BCUT2D eigenvalue weighted by molar-refractivity contribution is 0.234. The van der Waals surface area contributed by atoms with Crippen LogP contribution in [0.2, 0.25) is 0 Å². The predicted octanol–water partition coefficient (Wildman–Crippen LogP) is 2.89. The summed E-state index contributed by atoms with van der Waals surface area (Å²) < 4.78 is 0. The second-order valence-electron chi connectivity index (χ2n) is 5.96. The average Bonchev–Trinajstić information content (AvgIpc) is 2.16. The van der Waals surface area contributed by atoms with Gasteiger partial charge < -0.3 is 0 Å². The number of nitrogens with one attached hydrogen (secondary N) is 2. The van der Waals surface area contributed by atoms with Crippen LogP contribution in [0.1, 0.15) is 65.7 Å². The molecule has 1 aliphatic carbocycles. The summed E-state index contributed by atoms with van der Waals surface area (Å²) in [4.78, 5) is 0. The Kier molecular flexibility index (Phi) is 4.76. The smallest absolute Gasteiger partial charge is 0.118 e.